The molecule has 0 fully saturated rings. The molecule has 0 saturated carbocycles. The third kappa shape index (κ3) is 6.27. The van der Waals surface area contributed by atoms with E-state index in [4.69, 9.17) is 5.73 Å². The second-order valence-corrected chi connectivity index (χ2v) is 4.84. The average molecular weight is 311 g/mol. The molecule has 1 aromatic rings. The van der Waals surface area contributed by atoms with Crippen molar-refractivity contribution >= 4 is 30.7 Å². The number of nitrogens with one attached hydrogen (secondary N) is 1. The van der Waals surface area contributed by atoms with Crippen molar-refractivity contribution in [2.24, 2.45) is 11.7 Å². The molecule has 0 aromatic carbocycles. The lowest BCUT2D eigenvalue weighted by atomic mass is 9.88. The monoisotopic (exact) mass is 310 g/mol. The number of hydrogen-bond donors (Lipinski definition) is 2. The molecule has 5 nitrogen and oxygen atoms in total. The molecule has 0 bridgehead atoms. The van der Waals surface area contributed by atoms with Gasteiger partial charge in [0.1, 0.15) is 0 Å². The third-order valence-corrected chi connectivity index (χ3v) is 3.25. The van der Waals surface area contributed by atoms with Crippen molar-refractivity contribution in [3.63, 3.8) is 0 Å². The summed E-state index contributed by atoms with van der Waals surface area (Å²) in [6.07, 6.45) is 3.97. The van der Waals surface area contributed by atoms with Gasteiger partial charge in [-0.15, -0.1) is 24.8 Å². The van der Waals surface area contributed by atoms with Crippen LogP contribution in [0, 0.1) is 5.92 Å². The van der Waals surface area contributed by atoms with Gasteiger partial charge in [0.25, 0.3) is 0 Å². The average Bonchev–Trinajstić information content (AvgIpc) is 2.78. The van der Waals surface area contributed by atoms with E-state index in [0.29, 0.717) is 25.4 Å². The van der Waals surface area contributed by atoms with E-state index in [-0.39, 0.29) is 36.3 Å². The molecule has 0 radical (unpaired) electrons. The molecule has 3 N–H and O–H groups in total. The zero-order chi connectivity index (χ0) is 12.9. The predicted molar refractivity (Wildman–Crippen MR) is 81.8 cm³/mol. The maximum Gasteiger partial charge on any atom is 0.222 e. The van der Waals surface area contributed by atoms with Gasteiger partial charge in [-0.2, -0.15) is 5.10 Å². The summed E-state index contributed by atoms with van der Waals surface area (Å²) in [7, 11) is 0. The summed E-state index contributed by atoms with van der Waals surface area (Å²) < 4.78 is 1.74. The molecule has 0 aliphatic rings. The Balaban J connectivity index is 0. The van der Waals surface area contributed by atoms with Crippen molar-refractivity contribution in [2.45, 2.75) is 39.3 Å². The summed E-state index contributed by atoms with van der Waals surface area (Å²) >= 11 is 0. The minimum absolute atomic E-state index is 0. The second kappa shape index (κ2) is 9.18. The molecule has 1 aromatic heterocycles. The standard InChI is InChI=1S/C12H22N4O.2ClH/c1-10(2)12(3,9-13)15-11(17)5-8-16-7-4-6-14-16;;/h4,6-7,10H,5,8-9,13H2,1-3H3,(H,15,17);2*1H. The van der Waals surface area contributed by atoms with E-state index in [9.17, 15) is 4.79 Å². The van der Waals surface area contributed by atoms with Gasteiger partial charge in [-0.1, -0.05) is 13.8 Å². The Bertz CT molecular complexity index is 357. The first-order valence-corrected chi connectivity index (χ1v) is 5.96. The van der Waals surface area contributed by atoms with E-state index in [1.165, 1.54) is 0 Å². The van der Waals surface area contributed by atoms with Crippen LogP contribution in [-0.2, 0) is 11.3 Å². The number of rotatable bonds is 6. The van der Waals surface area contributed by atoms with Gasteiger partial charge in [0.15, 0.2) is 0 Å². The molecule has 112 valence electrons. The van der Waals surface area contributed by atoms with Gasteiger partial charge in [0.05, 0.1) is 5.54 Å². The number of halogens is 2. The lowest BCUT2D eigenvalue weighted by Gasteiger charge is -2.33. The first-order chi connectivity index (χ1) is 7.98. The molecule has 1 amide bonds. The van der Waals surface area contributed by atoms with Crippen molar-refractivity contribution in [1.29, 1.82) is 0 Å². The fourth-order valence-corrected chi connectivity index (χ4v) is 1.46. The minimum Gasteiger partial charge on any atom is -0.349 e. The predicted octanol–water partition coefficient (Wildman–Crippen LogP) is 1.61. The Morgan fingerprint density at radius 3 is 2.53 bits per heavy atom. The molecule has 19 heavy (non-hydrogen) atoms. The fraction of sp³-hybridized carbons (Fsp3) is 0.667. The lowest BCUT2D eigenvalue weighted by Crippen LogP contribution is -2.55. The van der Waals surface area contributed by atoms with Crippen LogP contribution in [0.1, 0.15) is 27.2 Å². The molecule has 0 aliphatic heterocycles. The number of nitrogens with zero attached hydrogens (tertiary/aromatic N) is 2. The summed E-state index contributed by atoms with van der Waals surface area (Å²) in [6, 6.07) is 1.84. The maximum absolute atomic E-state index is 11.8. The molecular formula is C12H24Cl2N4O. The Morgan fingerprint density at radius 2 is 2.11 bits per heavy atom. The van der Waals surface area contributed by atoms with E-state index in [2.05, 4.69) is 24.3 Å². The number of carbonyl (C=O) groups is 1. The first kappa shape index (κ1) is 20.5. The Kier molecular flexibility index (Phi) is 9.92. The minimum atomic E-state index is -0.332. The van der Waals surface area contributed by atoms with Crippen LogP contribution in [0.3, 0.4) is 0 Å². The van der Waals surface area contributed by atoms with Crippen molar-refractivity contribution in [3.8, 4) is 0 Å². The molecule has 0 saturated heterocycles. The zero-order valence-electron chi connectivity index (χ0n) is 11.6. The highest BCUT2D eigenvalue weighted by Gasteiger charge is 2.28. The van der Waals surface area contributed by atoms with Crippen LogP contribution in [0.25, 0.3) is 0 Å². The Labute approximate surface area is 127 Å². The molecule has 1 heterocycles. The topological polar surface area (TPSA) is 72.9 Å². The quantitative estimate of drug-likeness (QED) is 0.838. The van der Waals surface area contributed by atoms with Crippen molar-refractivity contribution in [2.75, 3.05) is 6.54 Å². The number of hydrogen-bond acceptors (Lipinski definition) is 3. The normalized spacial score (nSPS) is 13.1. The molecule has 1 atom stereocenters. The van der Waals surface area contributed by atoms with Crippen molar-refractivity contribution < 1.29 is 4.79 Å². The van der Waals surface area contributed by atoms with Crippen LogP contribution in [-0.4, -0.2) is 27.8 Å². The van der Waals surface area contributed by atoms with Crippen LogP contribution in [0.2, 0.25) is 0 Å². The number of carbonyl (C=O) groups excluding carboxylic acids is 1. The van der Waals surface area contributed by atoms with Gasteiger partial charge in [0, 0.05) is 31.9 Å². The van der Waals surface area contributed by atoms with E-state index in [1.807, 2.05) is 19.2 Å². The highest BCUT2D eigenvalue weighted by atomic mass is 35.5. The summed E-state index contributed by atoms with van der Waals surface area (Å²) in [6.45, 7) is 7.13. The number of nitrogens with two attached hydrogens (primary N) is 1. The lowest BCUT2D eigenvalue weighted by molar-refractivity contribution is -0.123. The van der Waals surface area contributed by atoms with Crippen LogP contribution in [0.15, 0.2) is 18.5 Å². The maximum atomic E-state index is 11.8. The van der Waals surface area contributed by atoms with E-state index in [0.717, 1.165) is 0 Å². The number of aryl methyl sites for hydroxylation is 1. The molecule has 0 aliphatic carbocycles. The van der Waals surface area contributed by atoms with Gasteiger partial charge in [-0.3, -0.25) is 9.48 Å². The smallest absolute Gasteiger partial charge is 0.222 e. The van der Waals surface area contributed by atoms with Gasteiger partial charge in [-0.05, 0) is 18.9 Å². The van der Waals surface area contributed by atoms with Crippen molar-refractivity contribution in [1.82, 2.24) is 15.1 Å². The highest BCUT2D eigenvalue weighted by molar-refractivity contribution is 5.85. The van der Waals surface area contributed by atoms with E-state index < -0.39 is 0 Å². The van der Waals surface area contributed by atoms with Crippen LogP contribution in [0.4, 0.5) is 0 Å². The first-order valence-electron chi connectivity index (χ1n) is 5.96. The molecule has 1 rings (SSSR count). The highest BCUT2D eigenvalue weighted by Crippen LogP contribution is 2.14. The second-order valence-electron chi connectivity index (χ2n) is 4.84. The zero-order valence-corrected chi connectivity index (χ0v) is 13.3. The van der Waals surface area contributed by atoms with E-state index in [1.54, 1.807) is 10.9 Å². The number of aromatic nitrogens is 2. The Hall–Kier alpha value is -0.780. The van der Waals surface area contributed by atoms with Crippen LogP contribution < -0.4 is 11.1 Å². The fourth-order valence-electron chi connectivity index (χ4n) is 1.46. The van der Waals surface area contributed by atoms with Gasteiger partial charge < -0.3 is 11.1 Å². The summed E-state index contributed by atoms with van der Waals surface area (Å²) in [5, 5.41) is 7.05. The van der Waals surface area contributed by atoms with Gasteiger partial charge in [0.2, 0.25) is 5.91 Å². The molecule has 7 heteroatoms. The SMILES string of the molecule is CC(C)C(C)(CN)NC(=O)CCn1cccn1.Cl.Cl. The van der Waals surface area contributed by atoms with Crippen LogP contribution >= 0.6 is 24.8 Å². The summed E-state index contributed by atoms with van der Waals surface area (Å²) in [5.41, 5.74) is 5.38. The summed E-state index contributed by atoms with van der Waals surface area (Å²) in [4.78, 5) is 11.8. The molecule has 1 unspecified atom stereocenters. The van der Waals surface area contributed by atoms with Crippen molar-refractivity contribution in [3.05, 3.63) is 18.5 Å². The van der Waals surface area contributed by atoms with Crippen LogP contribution in [0.5, 0.6) is 0 Å². The van der Waals surface area contributed by atoms with Gasteiger partial charge >= 0.3 is 0 Å². The number of amides is 1. The molecular weight excluding hydrogens is 287 g/mol. The Morgan fingerprint density at radius 1 is 1.47 bits per heavy atom. The third-order valence-electron chi connectivity index (χ3n) is 3.25. The summed E-state index contributed by atoms with van der Waals surface area (Å²) in [5.74, 6) is 0.323. The largest absolute Gasteiger partial charge is 0.349 e. The molecule has 0 spiro atoms. The van der Waals surface area contributed by atoms with E-state index >= 15 is 0 Å². The van der Waals surface area contributed by atoms with Gasteiger partial charge in [-0.25, -0.2) is 0 Å².